The predicted molar refractivity (Wildman–Crippen MR) is 66.9 cm³/mol. The molecule has 2 N–H and O–H groups in total. The molecule has 1 atom stereocenters. The highest BCUT2D eigenvalue weighted by molar-refractivity contribution is 9.10. The Morgan fingerprint density at radius 1 is 1.50 bits per heavy atom. The monoisotopic (exact) mass is 282 g/mol. The van der Waals surface area contributed by atoms with Crippen LogP contribution in [0.1, 0.15) is 18.1 Å². The van der Waals surface area contributed by atoms with Crippen LogP contribution in [0, 0.1) is 0 Å². The van der Waals surface area contributed by atoms with Crippen molar-refractivity contribution in [1.82, 2.24) is 4.90 Å². The summed E-state index contributed by atoms with van der Waals surface area (Å²) in [4.78, 5) is 13.3. The molecule has 86 valence electrons. The van der Waals surface area contributed by atoms with E-state index in [1.165, 1.54) is 11.1 Å². The number of primary amides is 1. The molecule has 1 aliphatic rings. The van der Waals surface area contributed by atoms with Gasteiger partial charge in [0, 0.05) is 17.6 Å². The minimum Gasteiger partial charge on any atom is -0.368 e. The summed E-state index contributed by atoms with van der Waals surface area (Å²) in [7, 11) is 0. The molecule has 1 unspecified atom stereocenters. The number of carbonyl (C=O) groups is 1. The van der Waals surface area contributed by atoms with E-state index in [1.807, 2.05) is 13.0 Å². The molecule has 16 heavy (non-hydrogen) atoms. The number of hydrogen-bond acceptors (Lipinski definition) is 2. The average molecular weight is 283 g/mol. The first-order chi connectivity index (χ1) is 7.58. The molecule has 0 saturated heterocycles. The van der Waals surface area contributed by atoms with Gasteiger partial charge in [-0.25, -0.2) is 0 Å². The van der Waals surface area contributed by atoms with Gasteiger partial charge in [0.15, 0.2) is 0 Å². The number of rotatable bonds is 2. The molecular weight excluding hydrogens is 268 g/mol. The lowest BCUT2D eigenvalue weighted by atomic mass is 9.99. The molecule has 4 heteroatoms. The second-order valence-electron chi connectivity index (χ2n) is 4.21. The van der Waals surface area contributed by atoms with Crippen LogP contribution in [-0.2, 0) is 17.8 Å². The van der Waals surface area contributed by atoms with Gasteiger partial charge in [0.05, 0.1) is 6.04 Å². The van der Waals surface area contributed by atoms with E-state index in [0.717, 1.165) is 24.0 Å². The van der Waals surface area contributed by atoms with Crippen LogP contribution >= 0.6 is 15.9 Å². The Balaban J connectivity index is 2.18. The Hall–Kier alpha value is -0.870. The molecule has 2 rings (SSSR count). The van der Waals surface area contributed by atoms with Crippen molar-refractivity contribution in [2.75, 3.05) is 6.54 Å². The van der Waals surface area contributed by atoms with Crippen molar-refractivity contribution in [3.05, 3.63) is 33.8 Å². The highest BCUT2D eigenvalue weighted by Crippen LogP contribution is 2.23. The number of carbonyl (C=O) groups excluding carboxylic acids is 1. The lowest BCUT2D eigenvalue weighted by Gasteiger charge is -2.32. The maximum Gasteiger partial charge on any atom is 0.234 e. The third-order valence-corrected chi connectivity index (χ3v) is 3.66. The molecule has 1 aromatic carbocycles. The van der Waals surface area contributed by atoms with E-state index in [-0.39, 0.29) is 11.9 Å². The topological polar surface area (TPSA) is 46.3 Å². The van der Waals surface area contributed by atoms with Gasteiger partial charge in [-0.3, -0.25) is 9.69 Å². The number of amides is 1. The van der Waals surface area contributed by atoms with E-state index >= 15 is 0 Å². The van der Waals surface area contributed by atoms with Crippen LogP contribution in [0.15, 0.2) is 22.7 Å². The van der Waals surface area contributed by atoms with Gasteiger partial charge < -0.3 is 5.73 Å². The zero-order chi connectivity index (χ0) is 11.7. The Morgan fingerprint density at radius 3 is 2.94 bits per heavy atom. The molecule has 0 bridgehead atoms. The maximum atomic E-state index is 11.1. The van der Waals surface area contributed by atoms with Gasteiger partial charge in [0.1, 0.15) is 0 Å². The summed E-state index contributed by atoms with van der Waals surface area (Å²) in [6, 6.07) is 6.12. The molecule has 0 fully saturated rings. The van der Waals surface area contributed by atoms with Crippen molar-refractivity contribution in [2.45, 2.75) is 25.9 Å². The van der Waals surface area contributed by atoms with Crippen LogP contribution < -0.4 is 5.73 Å². The molecule has 3 nitrogen and oxygen atoms in total. The molecule has 1 amide bonds. The average Bonchev–Trinajstić information content (AvgIpc) is 2.27. The first-order valence-electron chi connectivity index (χ1n) is 5.38. The van der Waals surface area contributed by atoms with Crippen molar-refractivity contribution in [3.63, 3.8) is 0 Å². The van der Waals surface area contributed by atoms with Crippen molar-refractivity contribution >= 4 is 21.8 Å². The van der Waals surface area contributed by atoms with Crippen molar-refractivity contribution in [3.8, 4) is 0 Å². The zero-order valence-corrected chi connectivity index (χ0v) is 10.8. The lowest BCUT2D eigenvalue weighted by Crippen LogP contribution is -2.45. The van der Waals surface area contributed by atoms with Crippen LogP contribution in [0.5, 0.6) is 0 Å². The summed E-state index contributed by atoms with van der Waals surface area (Å²) in [5.74, 6) is -0.249. The van der Waals surface area contributed by atoms with Crippen LogP contribution in [0.25, 0.3) is 0 Å². The Kier molecular flexibility index (Phi) is 3.30. The molecule has 0 radical (unpaired) electrons. The summed E-state index contributed by atoms with van der Waals surface area (Å²) < 4.78 is 1.11. The number of benzene rings is 1. The minimum absolute atomic E-state index is 0.184. The number of hydrogen-bond donors (Lipinski definition) is 1. The second-order valence-corrected chi connectivity index (χ2v) is 5.13. The molecule has 0 aliphatic carbocycles. The minimum atomic E-state index is -0.249. The van der Waals surface area contributed by atoms with E-state index in [2.05, 4.69) is 33.0 Å². The van der Waals surface area contributed by atoms with Crippen LogP contribution in [0.4, 0.5) is 0 Å². The number of fused-ring (bicyclic) bond motifs is 1. The maximum absolute atomic E-state index is 11.1. The fourth-order valence-electron chi connectivity index (χ4n) is 2.05. The van der Waals surface area contributed by atoms with E-state index in [4.69, 9.17) is 5.73 Å². The number of nitrogens with two attached hydrogens (primary N) is 1. The van der Waals surface area contributed by atoms with Crippen LogP contribution in [0.3, 0.4) is 0 Å². The Labute approximate surface area is 104 Å². The first kappa shape index (κ1) is 11.6. The standard InChI is InChI=1S/C12H15BrN2O/c1-8(12(14)16)15-5-4-9-6-11(13)3-2-10(9)7-15/h2-3,6,8H,4-5,7H2,1H3,(H2,14,16). The Morgan fingerprint density at radius 2 is 2.25 bits per heavy atom. The summed E-state index contributed by atoms with van der Waals surface area (Å²) in [6.45, 7) is 3.58. The third kappa shape index (κ3) is 2.28. The van der Waals surface area contributed by atoms with E-state index < -0.39 is 0 Å². The highest BCUT2D eigenvalue weighted by atomic mass is 79.9. The summed E-state index contributed by atoms with van der Waals surface area (Å²) in [6.07, 6.45) is 0.979. The molecular formula is C12H15BrN2O. The molecule has 1 aromatic rings. The molecule has 0 spiro atoms. The summed E-state index contributed by atoms with van der Waals surface area (Å²) in [5.41, 5.74) is 7.98. The highest BCUT2D eigenvalue weighted by Gasteiger charge is 2.23. The smallest absolute Gasteiger partial charge is 0.234 e. The van der Waals surface area contributed by atoms with Gasteiger partial charge in [-0.15, -0.1) is 0 Å². The van der Waals surface area contributed by atoms with Crippen LogP contribution in [-0.4, -0.2) is 23.4 Å². The first-order valence-corrected chi connectivity index (χ1v) is 6.18. The lowest BCUT2D eigenvalue weighted by molar-refractivity contribution is -0.123. The molecule has 0 saturated carbocycles. The molecule has 1 heterocycles. The summed E-state index contributed by atoms with van der Waals surface area (Å²) >= 11 is 3.47. The second kappa shape index (κ2) is 4.55. The van der Waals surface area contributed by atoms with Gasteiger partial charge in [0.2, 0.25) is 5.91 Å². The fourth-order valence-corrected chi connectivity index (χ4v) is 2.46. The Bertz CT molecular complexity index is 419. The molecule has 0 aromatic heterocycles. The van der Waals surface area contributed by atoms with Gasteiger partial charge >= 0.3 is 0 Å². The quantitative estimate of drug-likeness (QED) is 0.897. The van der Waals surface area contributed by atoms with E-state index in [0.29, 0.717) is 0 Å². The van der Waals surface area contributed by atoms with Crippen molar-refractivity contribution in [1.29, 1.82) is 0 Å². The van der Waals surface area contributed by atoms with Gasteiger partial charge in [-0.05, 0) is 36.6 Å². The van der Waals surface area contributed by atoms with Crippen molar-refractivity contribution in [2.24, 2.45) is 5.73 Å². The summed E-state index contributed by atoms with van der Waals surface area (Å²) in [5, 5.41) is 0. The van der Waals surface area contributed by atoms with Gasteiger partial charge in [0.25, 0.3) is 0 Å². The normalized spacial score (nSPS) is 17.9. The SMILES string of the molecule is CC(C(N)=O)N1CCc2cc(Br)ccc2C1. The largest absolute Gasteiger partial charge is 0.368 e. The molecule has 1 aliphatic heterocycles. The number of nitrogens with zero attached hydrogens (tertiary/aromatic N) is 1. The predicted octanol–water partition coefficient (Wildman–Crippen LogP) is 1.68. The number of halogens is 1. The van der Waals surface area contributed by atoms with E-state index in [1.54, 1.807) is 0 Å². The van der Waals surface area contributed by atoms with Crippen LogP contribution in [0.2, 0.25) is 0 Å². The van der Waals surface area contributed by atoms with Gasteiger partial charge in [-0.2, -0.15) is 0 Å². The van der Waals surface area contributed by atoms with Gasteiger partial charge in [-0.1, -0.05) is 22.0 Å². The third-order valence-electron chi connectivity index (χ3n) is 3.17. The van der Waals surface area contributed by atoms with Crippen molar-refractivity contribution < 1.29 is 4.79 Å². The zero-order valence-electron chi connectivity index (χ0n) is 9.24. The fraction of sp³-hybridized carbons (Fsp3) is 0.417. The van der Waals surface area contributed by atoms with E-state index in [9.17, 15) is 4.79 Å².